The van der Waals surface area contributed by atoms with Gasteiger partial charge >= 0.3 is 18.1 Å². The predicted molar refractivity (Wildman–Crippen MR) is 81.5 cm³/mol. The summed E-state index contributed by atoms with van der Waals surface area (Å²) in [6.45, 7) is 4.74. The van der Waals surface area contributed by atoms with Gasteiger partial charge in [-0.05, 0) is 36.5 Å². The molecule has 2 amide bonds. The van der Waals surface area contributed by atoms with E-state index in [0.29, 0.717) is 12.8 Å². The van der Waals surface area contributed by atoms with Gasteiger partial charge in [-0.3, -0.25) is 9.59 Å². The zero-order valence-electron chi connectivity index (χ0n) is 14.4. The van der Waals surface area contributed by atoms with E-state index < -0.39 is 41.5 Å². The highest BCUT2D eigenvalue weighted by Crippen LogP contribution is 2.55. The van der Waals surface area contributed by atoms with Gasteiger partial charge in [0.1, 0.15) is 12.1 Å². The third-order valence-corrected chi connectivity index (χ3v) is 5.06. The first-order valence-corrected chi connectivity index (χ1v) is 8.18. The monoisotopic (exact) mass is 364 g/mol. The van der Waals surface area contributed by atoms with E-state index >= 15 is 0 Å². The van der Waals surface area contributed by atoms with Crippen molar-refractivity contribution < 1.29 is 32.7 Å². The number of alkyl halides is 3. The lowest BCUT2D eigenvalue weighted by atomic mass is 9.83. The molecule has 2 fully saturated rings. The number of carbonyl (C=O) groups is 3. The summed E-state index contributed by atoms with van der Waals surface area (Å²) in [4.78, 5) is 36.8. The number of halogens is 3. The van der Waals surface area contributed by atoms with Crippen LogP contribution >= 0.6 is 0 Å². The summed E-state index contributed by atoms with van der Waals surface area (Å²) in [6, 6.07) is -2.53. The number of rotatable bonds is 3. The Hall–Kier alpha value is -1.80. The summed E-state index contributed by atoms with van der Waals surface area (Å²) in [6.07, 6.45) is -2.36. The molecule has 9 heteroatoms. The van der Waals surface area contributed by atoms with Gasteiger partial charge in [0.25, 0.3) is 0 Å². The van der Waals surface area contributed by atoms with Gasteiger partial charge in [0.15, 0.2) is 0 Å². The van der Waals surface area contributed by atoms with Gasteiger partial charge in [-0.15, -0.1) is 0 Å². The van der Waals surface area contributed by atoms with E-state index in [1.165, 1.54) is 20.8 Å². The molecule has 2 atom stereocenters. The molecule has 1 spiro atoms. The first-order chi connectivity index (χ1) is 11.3. The Bertz CT molecular complexity index is 579. The molecule has 2 rings (SSSR count). The minimum atomic E-state index is -5.12. The van der Waals surface area contributed by atoms with Crippen LogP contribution in [0.25, 0.3) is 0 Å². The van der Waals surface area contributed by atoms with Crippen LogP contribution in [0.4, 0.5) is 13.2 Å². The van der Waals surface area contributed by atoms with Crippen molar-refractivity contribution in [3.63, 3.8) is 0 Å². The third-order valence-electron chi connectivity index (χ3n) is 5.06. The number of piperidine rings is 1. The Morgan fingerprint density at radius 1 is 1.16 bits per heavy atom. The van der Waals surface area contributed by atoms with E-state index in [9.17, 15) is 32.7 Å². The summed E-state index contributed by atoms with van der Waals surface area (Å²) >= 11 is 0. The van der Waals surface area contributed by atoms with Gasteiger partial charge in [0, 0.05) is 6.54 Å². The van der Waals surface area contributed by atoms with Gasteiger partial charge in [0.05, 0.1) is 0 Å². The van der Waals surface area contributed by atoms with Crippen molar-refractivity contribution in [3.8, 4) is 0 Å². The number of hydrogen-bond donors (Lipinski definition) is 2. The van der Waals surface area contributed by atoms with Crippen LogP contribution in [-0.2, 0) is 14.4 Å². The number of nitrogens with zero attached hydrogens (tertiary/aromatic N) is 1. The number of carboxylic acids is 1. The number of likely N-dealkylation sites (tertiary alicyclic amines) is 1. The fourth-order valence-corrected chi connectivity index (χ4v) is 3.28. The Balaban J connectivity index is 2.22. The average Bonchev–Trinajstić information content (AvgIpc) is 3.20. The third kappa shape index (κ3) is 4.24. The zero-order valence-corrected chi connectivity index (χ0v) is 14.4. The van der Waals surface area contributed by atoms with Crippen LogP contribution in [0.2, 0.25) is 0 Å². The van der Waals surface area contributed by atoms with E-state index in [1.807, 2.05) is 0 Å². The molecule has 1 heterocycles. The van der Waals surface area contributed by atoms with E-state index in [2.05, 4.69) is 0 Å². The summed E-state index contributed by atoms with van der Waals surface area (Å²) in [5, 5.41) is 11.2. The molecule has 25 heavy (non-hydrogen) atoms. The SMILES string of the molecule is CC(C)(C)[C@H](NC(=O)C(F)(F)F)C(=O)N1CCC2(CC2)C[C@H]1C(=O)O. The molecule has 1 saturated carbocycles. The second kappa shape index (κ2) is 6.17. The van der Waals surface area contributed by atoms with Crippen molar-refractivity contribution in [3.05, 3.63) is 0 Å². The maximum absolute atomic E-state index is 12.8. The van der Waals surface area contributed by atoms with Crippen LogP contribution in [0.1, 0.15) is 46.5 Å². The van der Waals surface area contributed by atoms with Crippen LogP contribution in [0.5, 0.6) is 0 Å². The lowest BCUT2D eigenvalue weighted by Gasteiger charge is -2.41. The quantitative estimate of drug-likeness (QED) is 0.801. The molecule has 2 aliphatic rings. The maximum Gasteiger partial charge on any atom is 0.471 e. The highest BCUT2D eigenvalue weighted by atomic mass is 19.4. The first-order valence-electron chi connectivity index (χ1n) is 8.18. The second-order valence-corrected chi connectivity index (χ2v) is 8.11. The molecule has 6 nitrogen and oxygen atoms in total. The summed E-state index contributed by atoms with van der Waals surface area (Å²) in [5.74, 6) is -4.16. The van der Waals surface area contributed by atoms with Gasteiger partial charge in [-0.25, -0.2) is 4.79 Å². The van der Waals surface area contributed by atoms with Crippen LogP contribution < -0.4 is 5.32 Å². The van der Waals surface area contributed by atoms with Gasteiger partial charge in [-0.2, -0.15) is 13.2 Å². The summed E-state index contributed by atoms with van der Waals surface area (Å²) in [5.41, 5.74) is -1.05. The van der Waals surface area contributed by atoms with E-state index in [-0.39, 0.29) is 12.0 Å². The van der Waals surface area contributed by atoms with Crippen molar-refractivity contribution >= 4 is 17.8 Å². The number of aliphatic carboxylic acids is 1. The minimum absolute atomic E-state index is 0.0493. The first kappa shape index (κ1) is 19.5. The van der Waals surface area contributed by atoms with Crippen LogP contribution in [0.15, 0.2) is 0 Å². The van der Waals surface area contributed by atoms with E-state index in [0.717, 1.165) is 17.7 Å². The number of carboxylic acid groups (broad SMARTS) is 1. The van der Waals surface area contributed by atoms with E-state index in [4.69, 9.17) is 0 Å². The van der Waals surface area contributed by atoms with Gasteiger partial charge in [0.2, 0.25) is 5.91 Å². The molecule has 0 aromatic carbocycles. The zero-order chi connectivity index (χ0) is 19.2. The Morgan fingerprint density at radius 3 is 2.12 bits per heavy atom. The Morgan fingerprint density at radius 2 is 1.72 bits per heavy atom. The Labute approximate surface area is 143 Å². The predicted octanol–water partition coefficient (Wildman–Crippen LogP) is 1.94. The maximum atomic E-state index is 12.8. The highest BCUT2D eigenvalue weighted by molar-refractivity contribution is 5.92. The molecule has 0 bridgehead atoms. The molecule has 142 valence electrons. The highest BCUT2D eigenvalue weighted by Gasteiger charge is 2.53. The fraction of sp³-hybridized carbons (Fsp3) is 0.812. The van der Waals surface area contributed by atoms with Crippen molar-refractivity contribution in [1.82, 2.24) is 10.2 Å². The number of hydrogen-bond acceptors (Lipinski definition) is 3. The standard InChI is InChI=1S/C16H23F3N2O4/c1-14(2,3)10(20-13(25)16(17,18)19)11(22)21-7-6-15(4-5-15)8-9(21)12(23)24/h9-10H,4-8H2,1-3H3,(H,20,25)(H,23,24)/t9-,10+/m0/s1. The largest absolute Gasteiger partial charge is 0.480 e. The fourth-order valence-electron chi connectivity index (χ4n) is 3.28. The van der Waals surface area contributed by atoms with Gasteiger partial charge in [-0.1, -0.05) is 20.8 Å². The molecule has 0 aromatic heterocycles. The van der Waals surface area contributed by atoms with Gasteiger partial charge < -0.3 is 15.3 Å². The van der Waals surface area contributed by atoms with Crippen molar-refractivity contribution in [2.75, 3.05) is 6.54 Å². The minimum Gasteiger partial charge on any atom is -0.480 e. The molecular formula is C16H23F3N2O4. The molecule has 0 unspecified atom stereocenters. The molecule has 0 radical (unpaired) electrons. The number of carbonyl (C=O) groups excluding carboxylic acids is 2. The lowest BCUT2D eigenvalue weighted by Crippen LogP contribution is -2.61. The normalized spacial score (nSPS) is 23.9. The molecule has 2 N–H and O–H groups in total. The van der Waals surface area contributed by atoms with Crippen LogP contribution in [0, 0.1) is 10.8 Å². The molecule has 1 aliphatic carbocycles. The second-order valence-electron chi connectivity index (χ2n) is 8.11. The summed E-state index contributed by atoms with van der Waals surface area (Å²) in [7, 11) is 0. The number of nitrogens with one attached hydrogen (secondary N) is 1. The molecule has 0 aromatic rings. The molecule has 1 aliphatic heterocycles. The topological polar surface area (TPSA) is 86.7 Å². The van der Waals surface area contributed by atoms with E-state index in [1.54, 1.807) is 5.32 Å². The van der Waals surface area contributed by atoms with Crippen molar-refractivity contribution in [1.29, 1.82) is 0 Å². The van der Waals surface area contributed by atoms with Crippen LogP contribution in [0.3, 0.4) is 0 Å². The Kier molecular flexibility index (Phi) is 4.82. The average molecular weight is 364 g/mol. The smallest absolute Gasteiger partial charge is 0.471 e. The molecular weight excluding hydrogens is 341 g/mol. The molecule has 1 saturated heterocycles. The number of amides is 2. The van der Waals surface area contributed by atoms with Crippen LogP contribution in [-0.4, -0.2) is 52.6 Å². The lowest BCUT2D eigenvalue weighted by molar-refractivity contribution is -0.176. The van der Waals surface area contributed by atoms with Crippen molar-refractivity contribution in [2.24, 2.45) is 10.8 Å². The van der Waals surface area contributed by atoms with Crippen molar-refractivity contribution in [2.45, 2.75) is 64.7 Å². The summed E-state index contributed by atoms with van der Waals surface area (Å²) < 4.78 is 37.8.